The van der Waals surface area contributed by atoms with E-state index in [-0.39, 0.29) is 28.4 Å². The Morgan fingerprint density at radius 2 is 1.86 bits per heavy atom. The van der Waals surface area contributed by atoms with Crippen molar-refractivity contribution in [2.45, 2.75) is 6.92 Å². The Kier molecular flexibility index (Phi) is 5.26. The van der Waals surface area contributed by atoms with Crippen LogP contribution in [0.3, 0.4) is 0 Å². The van der Waals surface area contributed by atoms with Gasteiger partial charge < -0.3 is 15.2 Å². The van der Waals surface area contributed by atoms with Gasteiger partial charge >= 0.3 is 5.97 Å². The summed E-state index contributed by atoms with van der Waals surface area (Å²) in [5.41, 5.74) is 0.327. The lowest BCUT2D eigenvalue weighted by molar-refractivity contribution is -0.384. The lowest BCUT2D eigenvalue weighted by atomic mass is 10.2. The molecule has 2 N–H and O–H groups in total. The minimum Gasteiger partial charge on any atom is -0.477 e. The number of aromatic carboxylic acids is 1. The molecule has 0 saturated carbocycles. The van der Waals surface area contributed by atoms with Crippen molar-refractivity contribution >= 4 is 23.3 Å². The molecule has 0 spiro atoms. The van der Waals surface area contributed by atoms with Crippen molar-refractivity contribution in [3.8, 4) is 11.5 Å². The maximum atomic E-state index is 12.5. The van der Waals surface area contributed by atoms with Gasteiger partial charge in [0.05, 0.1) is 28.4 Å². The van der Waals surface area contributed by atoms with Gasteiger partial charge in [-0.3, -0.25) is 19.6 Å². The van der Waals surface area contributed by atoms with Crippen LogP contribution in [0.5, 0.6) is 11.5 Å². The summed E-state index contributed by atoms with van der Waals surface area (Å²) in [5.74, 6) is -1.48. The van der Waals surface area contributed by atoms with Crippen LogP contribution < -0.4 is 10.1 Å². The molecule has 0 aliphatic carbocycles. The first-order valence-corrected chi connectivity index (χ1v) is 8.35. The van der Waals surface area contributed by atoms with Crippen LogP contribution in [-0.4, -0.2) is 31.7 Å². The molecule has 2 aromatic carbocycles. The summed E-state index contributed by atoms with van der Waals surface area (Å²) >= 11 is 0. The maximum Gasteiger partial charge on any atom is 0.354 e. The topological polar surface area (TPSA) is 137 Å². The second kappa shape index (κ2) is 7.80. The number of nitro benzene ring substituents is 1. The summed E-state index contributed by atoms with van der Waals surface area (Å²) in [5, 5.41) is 26.7. The van der Waals surface area contributed by atoms with Crippen LogP contribution in [0.2, 0.25) is 0 Å². The van der Waals surface area contributed by atoms with Crippen molar-refractivity contribution in [2.75, 3.05) is 5.32 Å². The summed E-state index contributed by atoms with van der Waals surface area (Å²) in [7, 11) is 1.39. The van der Waals surface area contributed by atoms with E-state index in [1.165, 1.54) is 19.2 Å². The van der Waals surface area contributed by atoms with Gasteiger partial charge in [0.25, 0.3) is 11.6 Å². The van der Waals surface area contributed by atoms with Crippen LogP contribution >= 0.6 is 0 Å². The van der Waals surface area contributed by atoms with Gasteiger partial charge in [0.1, 0.15) is 11.5 Å². The molecule has 0 fully saturated rings. The number of amides is 1. The Balaban J connectivity index is 1.91. The van der Waals surface area contributed by atoms with E-state index < -0.39 is 16.8 Å². The Labute approximate surface area is 164 Å². The molecule has 3 rings (SSSR count). The average molecular weight is 396 g/mol. The summed E-state index contributed by atoms with van der Waals surface area (Å²) in [6.07, 6.45) is 1.11. The fraction of sp³-hybridized carbons (Fsp3) is 0.105. The second-order valence-electron chi connectivity index (χ2n) is 6.18. The van der Waals surface area contributed by atoms with Gasteiger partial charge in [-0.2, -0.15) is 5.10 Å². The Bertz CT molecular complexity index is 1100. The maximum absolute atomic E-state index is 12.5. The zero-order valence-corrected chi connectivity index (χ0v) is 15.4. The number of nitrogens with one attached hydrogen (secondary N) is 1. The number of carboxylic acids is 1. The van der Waals surface area contributed by atoms with Gasteiger partial charge in [-0.05, 0) is 19.1 Å². The van der Waals surface area contributed by atoms with Crippen LogP contribution in [-0.2, 0) is 7.05 Å². The number of aromatic nitrogens is 2. The lowest BCUT2D eigenvalue weighted by Crippen LogP contribution is -2.17. The highest BCUT2D eigenvalue weighted by atomic mass is 16.6. The molecule has 10 heteroatoms. The zero-order chi connectivity index (χ0) is 21.1. The van der Waals surface area contributed by atoms with Gasteiger partial charge in [0, 0.05) is 19.2 Å². The van der Waals surface area contributed by atoms with Crippen LogP contribution in [0.15, 0.2) is 48.7 Å². The first kappa shape index (κ1) is 19.5. The van der Waals surface area contributed by atoms with Gasteiger partial charge in [-0.15, -0.1) is 0 Å². The second-order valence-corrected chi connectivity index (χ2v) is 6.18. The van der Waals surface area contributed by atoms with E-state index in [4.69, 9.17) is 4.74 Å². The molecule has 1 heterocycles. The number of benzene rings is 2. The largest absolute Gasteiger partial charge is 0.477 e. The third kappa shape index (κ3) is 4.38. The van der Waals surface area contributed by atoms with E-state index in [0.29, 0.717) is 5.75 Å². The smallest absolute Gasteiger partial charge is 0.354 e. The molecule has 10 nitrogen and oxygen atoms in total. The average Bonchev–Trinajstić information content (AvgIpc) is 3.05. The van der Waals surface area contributed by atoms with Gasteiger partial charge in [0.2, 0.25) is 0 Å². The third-order valence-corrected chi connectivity index (χ3v) is 4.00. The Morgan fingerprint density at radius 3 is 2.48 bits per heavy atom. The highest BCUT2D eigenvalue weighted by Gasteiger charge is 2.22. The van der Waals surface area contributed by atoms with Crippen molar-refractivity contribution in [1.82, 2.24) is 9.78 Å². The molecule has 1 aromatic heterocycles. The van der Waals surface area contributed by atoms with Gasteiger partial charge in [0.15, 0.2) is 5.69 Å². The number of non-ortho nitro benzene ring substituents is 1. The number of ether oxygens (including phenoxy) is 1. The van der Waals surface area contributed by atoms with Crippen molar-refractivity contribution in [1.29, 1.82) is 0 Å². The number of carbonyl (C=O) groups is 2. The Morgan fingerprint density at radius 1 is 1.17 bits per heavy atom. The summed E-state index contributed by atoms with van der Waals surface area (Å²) in [4.78, 5) is 34.5. The van der Waals surface area contributed by atoms with E-state index in [0.717, 1.165) is 22.5 Å². The molecule has 148 valence electrons. The van der Waals surface area contributed by atoms with E-state index in [1.807, 2.05) is 19.1 Å². The zero-order valence-electron chi connectivity index (χ0n) is 15.4. The molecule has 0 radical (unpaired) electrons. The van der Waals surface area contributed by atoms with Gasteiger partial charge in [-0.25, -0.2) is 4.79 Å². The Hall–Kier alpha value is -4.21. The van der Waals surface area contributed by atoms with E-state index in [9.17, 15) is 24.8 Å². The molecule has 0 saturated heterocycles. The van der Waals surface area contributed by atoms with Crippen molar-refractivity contribution in [2.24, 2.45) is 7.05 Å². The normalized spacial score (nSPS) is 10.4. The molecule has 29 heavy (non-hydrogen) atoms. The predicted molar refractivity (Wildman–Crippen MR) is 102 cm³/mol. The van der Waals surface area contributed by atoms with Gasteiger partial charge in [-0.1, -0.05) is 17.7 Å². The van der Waals surface area contributed by atoms with E-state index in [1.54, 1.807) is 12.1 Å². The van der Waals surface area contributed by atoms with Crippen LogP contribution in [0.1, 0.15) is 26.4 Å². The third-order valence-electron chi connectivity index (χ3n) is 4.00. The number of nitro groups is 1. The fourth-order valence-electron chi connectivity index (χ4n) is 2.62. The SMILES string of the molecule is Cc1ccc(Oc2cc(NC(=O)c3cnn(C)c3C(=O)O)cc([N+](=O)[O-])c2)cc1. The minimum atomic E-state index is -1.32. The summed E-state index contributed by atoms with van der Waals surface area (Å²) in [6, 6.07) is 10.8. The highest BCUT2D eigenvalue weighted by Crippen LogP contribution is 2.30. The molecule has 0 atom stereocenters. The molecule has 0 aliphatic heterocycles. The van der Waals surface area contributed by atoms with Crippen molar-refractivity contribution in [3.05, 3.63) is 75.6 Å². The monoisotopic (exact) mass is 396 g/mol. The number of carboxylic acid groups (broad SMARTS) is 1. The van der Waals surface area contributed by atoms with Crippen molar-refractivity contribution < 1.29 is 24.4 Å². The number of hydrogen-bond acceptors (Lipinski definition) is 6. The minimum absolute atomic E-state index is 0.0755. The van der Waals surface area contributed by atoms with E-state index >= 15 is 0 Å². The molecule has 0 aliphatic rings. The number of carbonyl (C=O) groups excluding carboxylic acids is 1. The van der Waals surface area contributed by atoms with Crippen LogP contribution in [0.4, 0.5) is 11.4 Å². The number of aryl methyl sites for hydroxylation is 2. The number of hydrogen-bond donors (Lipinski definition) is 2. The molecular weight excluding hydrogens is 380 g/mol. The highest BCUT2D eigenvalue weighted by molar-refractivity contribution is 6.10. The molecule has 0 unspecified atom stereocenters. The first-order chi connectivity index (χ1) is 13.7. The summed E-state index contributed by atoms with van der Waals surface area (Å²) < 4.78 is 6.70. The first-order valence-electron chi connectivity index (χ1n) is 8.35. The van der Waals surface area contributed by atoms with E-state index in [2.05, 4.69) is 10.4 Å². The number of nitrogens with zero attached hydrogens (tertiary/aromatic N) is 3. The molecule has 3 aromatic rings. The van der Waals surface area contributed by atoms with Crippen LogP contribution in [0.25, 0.3) is 0 Å². The quantitative estimate of drug-likeness (QED) is 0.481. The standard InChI is InChI=1S/C19H16N4O6/c1-11-3-5-14(6-4-11)29-15-8-12(7-13(9-15)23(27)28)21-18(24)16-10-20-22(2)17(16)19(25)26/h3-10H,1-2H3,(H,21,24)(H,25,26). The van der Waals surface area contributed by atoms with Crippen molar-refractivity contribution in [3.63, 3.8) is 0 Å². The predicted octanol–water partition coefficient (Wildman–Crippen LogP) is 3.38. The number of anilines is 1. The molecule has 0 bridgehead atoms. The fourth-order valence-corrected chi connectivity index (χ4v) is 2.62. The lowest BCUT2D eigenvalue weighted by Gasteiger charge is -2.10. The summed E-state index contributed by atoms with van der Waals surface area (Å²) in [6.45, 7) is 1.91. The van der Waals surface area contributed by atoms with Crippen LogP contribution in [0, 0.1) is 17.0 Å². The molecular formula is C19H16N4O6. The number of rotatable bonds is 6. The molecule has 1 amide bonds.